The summed E-state index contributed by atoms with van der Waals surface area (Å²) in [6, 6.07) is 10.2. The molecule has 1 fully saturated rings. The Morgan fingerprint density at radius 2 is 2.04 bits per heavy atom. The van der Waals surface area contributed by atoms with Crippen LogP contribution in [0.15, 0.2) is 47.4 Å². The monoisotopic (exact) mass is 337 g/mol. The molecule has 0 spiro atoms. The third-order valence-electron chi connectivity index (χ3n) is 3.57. The van der Waals surface area contributed by atoms with Gasteiger partial charge in [-0.05, 0) is 36.4 Å². The van der Waals surface area contributed by atoms with Gasteiger partial charge in [-0.3, -0.25) is 14.5 Å². The van der Waals surface area contributed by atoms with Crippen molar-refractivity contribution in [2.75, 3.05) is 24.6 Å². The molecule has 0 bridgehead atoms. The third-order valence-corrected chi connectivity index (χ3v) is 3.57. The second-order valence-corrected chi connectivity index (χ2v) is 5.21. The van der Waals surface area contributed by atoms with Gasteiger partial charge in [0.25, 0.3) is 11.5 Å². The number of hydrogen-bond acceptors (Lipinski definition) is 4. The fourth-order valence-electron chi connectivity index (χ4n) is 2.32. The lowest BCUT2D eigenvalue weighted by molar-refractivity contribution is 0.0957. The highest BCUT2D eigenvalue weighted by Gasteiger charge is 2.23. The van der Waals surface area contributed by atoms with Crippen LogP contribution in [0.5, 0.6) is 0 Å². The Morgan fingerprint density at radius 1 is 1.24 bits per heavy atom. The first kappa shape index (κ1) is 16.3. The topological polar surface area (TPSA) is 91.5 Å². The Labute approximate surface area is 143 Å². The number of anilines is 1. The standard InChI is InChI=1S/C18H15N3O4/c22-16(15-4-2-10-20-17(15)23)19-9-1-3-13-5-7-14(8-6-13)21-11-12-25-18(21)24/h2,4-8,10H,9,11-12H2,(H,19,22)(H,20,23). The van der Waals surface area contributed by atoms with Crippen LogP contribution in [-0.2, 0) is 4.74 Å². The summed E-state index contributed by atoms with van der Waals surface area (Å²) in [6.07, 6.45) is 1.11. The second kappa shape index (κ2) is 7.36. The van der Waals surface area contributed by atoms with Gasteiger partial charge in [0.05, 0.1) is 13.1 Å². The van der Waals surface area contributed by atoms with Crippen LogP contribution in [0.4, 0.5) is 10.5 Å². The summed E-state index contributed by atoms with van der Waals surface area (Å²) in [5, 5.41) is 2.57. The van der Waals surface area contributed by atoms with Gasteiger partial charge in [0.1, 0.15) is 12.2 Å². The number of aromatic amines is 1. The highest BCUT2D eigenvalue weighted by atomic mass is 16.6. The van der Waals surface area contributed by atoms with E-state index in [-0.39, 0.29) is 18.2 Å². The summed E-state index contributed by atoms with van der Waals surface area (Å²) < 4.78 is 4.89. The van der Waals surface area contributed by atoms with E-state index < -0.39 is 11.5 Å². The Balaban J connectivity index is 1.57. The molecule has 25 heavy (non-hydrogen) atoms. The number of rotatable bonds is 3. The van der Waals surface area contributed by atoms with E-state index in [2.05, 4.69) is 22.1 Å². The van der Waals surface area contributed by atoms with Gasteiger partial charge in [0.2, 0.25) is 0 Å². The van der Waals surface area contributed by atoms with Crippen molar-refractivity contribution < 1.29 is 14.3 Å². The molecule has 2 amide bonds. The second-order valence-electron chi connectivity index (χ2n) is 5.21. The molecule has 0 aliphatic carbocycles. The normalized spacial score (nSPS) is 13.0. The van der Waals surface area contributed by atoms with Gasteiger partial charge in [-0.2, -0.15) is 0 Å². The molecule has 1 aliphatic heterocycles. The van der Waals surface area contributed by atoms with E-state index in [0.717, 1.165) is 11.3 Å². The minimum atomic E-state index is -0.473. The lowest BCUT2D eigenvalue weighted by Crippen LogP contribution is -2.29. The zero-order chi connectivity index (χ0) is 17.6. The number of hydrogen-bond donors (Lipinski definition) is 2. The smallest absolute Gasteiger partial charge is 0.414 e. The summed E-state index contributed by atoms with van der Waals surface area (Å²) in [4.78, 5) is 38.8. The van der Waals surface area contributed by atoms with Crippen molar-refractivity contribution in [1.82, 2.24) is 10.3 Å². The van der Waals surface area contributed by atoms with Gasteiger partial charge in [-0.15, -0.1) is 0 Å². The van der Waals surface area contributed by atoms with Crippen molar-refractivity contribution in [3.8, 4) is 11.8 Å². The number of carbonyl (C=O) groups excluding carboxylic acids is 2. The Bertz CT molecular complexity index is 906. The average molecular weight is 337 g/mol. The first-order chi connectivity index (χ1) is 12.1. The molecule has 2 N–H and O–H groups in total. The summed E-state index contributed by atoms with van der Waals surface area (Å²) in [6.45, 7) is 1.05. The minimum absolute atomic E-state index is 0.0474. The largest absolute Gasteiger partial charge is 0.447 e. The molecule has 126 valence electrons. The minimum Gasteiger partial charge on any atom is -0.447 e. The van der Waals surface area contributed by atoms with Crippen LogP contribution in [0.1, 0.15) is 15.9 Å². The van der Waals surface area contributed by atoms with Crippen LogP contribution >= 0.6 is 0 Å². The Kier molecular flexibility index (Phi) is 4.81. The Morgan fingerprint density at radius 3 is 2.72 bits per heavy atom. The number of H-pyrrole nitrogens is 1. The predicted molar refractivity (Wildman–Crippen MR) is 91.4 cm³/mol. The van der Waals surface area contributed by atoms with Crippen molar-refractivity contribution in [1.29, 1.82) is 0 Å². The van der Waals surface area contributed by atoms with E-state index in [9.17, 15) is 14.4 Å². The maximum Gasteiger partial charge on any atom is 0.414 e. The number of ether oxygens (including phenoxy) is 1. The molecule has 0 saturated carbocycles. The van der Waals surface area contributed by atoms with Crippen molar-refractivity contribution >= 4 is 17.7 Å². The third kappa shape index (κ3) is 3.87. The number of benzene rings is 1. The fourth-order valence-corrected chi connectivity index (χ4v) is 2.32. The molecule has 2 aromatic rings. The summed E-state index contributed by atoms with van der Waals surface area (Å²) >= 11 is 0. The summed E-state index contributed by atoms with van der Waals surface area (Å²) in [7, 11) is 0. The number of nitrogens with zero attached hydrogens (tertiary/aromatic N) is 1. The van der Waals surface area contributed by atoms with Crippen molar-refractivity contribution in [2.24, 2.45) is 0 Å². The fraction of sp³-hybridized carbons (Fsp3) is 0.167. The van der Waals surface area contributed by atoms with E-state index >= 15 is 0 Å². The molecule has 7 nitrogen and oxygen atoms in total. The highest BCUT2D eigenvalue weighted by Crippen LogP contribution is 2.18. The Hall–Kier alpha value is -3.53. The van der Waals surface area contributed by atoms with Crippen molar-refractivity contribution in [3.05, 3.63) is 64.1 Å². The van der Waals surface area contributed by atoms with Crippen molar-refractivity contribution in [3.63, 3.8) is 0 Å². The van der Waals surface area contributed by atoms with Crippen LogP contribution < -0.4 is 15.8 Å². The average Bonchev–Trinajstić information content (AvgIpc) is 3.05. The van der Waals surface area contributed by atoms with Gasteiger partial charge in [-0.25, -0.2) is 4.79 Å². The molecular weight excluding hydrogens is 322 g/mol. The lowest BCUT2D eigenvalue weighted by atomic mass is 10.2. The van der Waals surface area contributed by atoms with Gasteiger partial charge >= 0.3 is 6.09 Å². The zero-order valence-electron chi connectivity index (χ0n) is 13.2. The maximum atomic E-state index is 11.9. The number of amides is 2. The molecule has 3 rings (SSSR count). The van der Waals surface area contributed by atoms with Crippen LogP contribution in [-0.4, -0.2) is 36.7 Å². The van der Waals surface area contributed by atoms with Crippen LogP contribution in [0.2, 0.25) is 0 Å². The number of pyridine rings is 1. The number of aromatic nitrogens is 1. The maximum absolute atomic E-state index is 11.9. The van der Waals surface area contributed by atoms with Crippen LogP contribution in [0.25, 0.3) is 0 Å². The van der Waals surface area contributed by atoms with Crippen molar-refractivity contribution in [2.45, 2.75) is 0 Å². The molecule has 0 unspecified atom stereocenters. The number of carbonyl (C=O) groups is 2. The molecule has 0 atom stereocenters. The van der Waals surface area contributed by atoms with E-state index in [1.54, 1.807) is 35.2 Å². The molecule has 7 heteroatoms. The lowest BCUT2D eigenvalue weighted by Gasteiger charge is -2.11. The summed E-state index contributed by atoms with van der Waals surface area (Å²) in [5.74, 6) is 5.26. The van der Waals surface area contributed by atoms with Crippen LogP contribution in [0.3, 0.4) is 0 Å². The SMILES string of the molecule is O=C(NCC#Cc1ccc(N2CCOC2=O)cc1)c1ccc[nH]c1=O. The number of nitrogens with one attached hydrogen (secondary N) is 2. The van der Waals surface area contributed by atoms with E-state index in [0.29, 0.717) is 13.2 Å². The zero-order valence-corrected chi connectivity index (χ0v) is 13.2. The number of cyclic esters (lactones) is 1. The van der Waals surface area contributed by atoms with Gasteiger partial charge in [0.15, 0.2) is 0 Å². The first-order valence-electron chi connectivity index (χ1n) is 7.64. The molecular formula is C18H15N3O4. The molecule has 1 aliphatic rings. The van der Waals surface area contributed by atoms with E-state index in [4.69, 9.17) is 4.74 Å². The van der Waals surface area contributed by atoms with E-state index in [1.807, 2.05) is 0 Å². The summed E-state index contributed by atoms with van der Waals surface area (Å²) in [5.41, 5.74) is 1.11. The highest BCUT2D eigenvalue weighted by molar-refractivity contribution is 5.93. The molecule has 2 heterocycles. The quantitative estimate of drug-likeness (QED) is 0.821. The first-order valence-corrected chi connectivity index (χ1v) is 7.64. The molecule has 1 aromatic carbocycles. The van der Waals surface area contributed by atoms with Gasteiger partial charge in [0, 0.05) is 17.4 Å². The van der Waals surface area contributed by atoms with Crippen LogP contribution in [0, 0.1) is 11.8 Å². The molecule has 1 aromatic heterocycles. The van der Waals surface area contributed by atoms with Gasteiger partial charge in [-0.1, -0.05) is 11.8 Å². The molecule has 0 radical (unpaired) electrons. The van der Waals surface area contributed by atoms with E-state index in [1.165, 1.54) is 12.3 Å². The molecule has 1 saturated heterocycles. The van der Waals surface area contributed by atoms with Gasteiger partial charge < -0.3 is 15.0 Å². The predicted octanol–water partition coefficient (Wildman–Crippen LogP) is 1.11.